The zero-order chi connectivity index (χ0) is 18.3. The molecule has 0 aromatic heterocycles. The summed E-state index contributed by atoms with van der Waals surface area (Å²) in [5, 5.41) is 2.61. The van der Waals surface area contributed by atoms with E-state index in [-0.39, 0.29) is 13.1 Å². The highest BCUT2D eigenvalue weighted by atomic mass is 32.2. The Labute approximate surface area is 142 Å². The first-order valence-corrected chi connectivity index (χ1v) is 8.77. The number of hydrogen-bond acceptors (Lipinski definition) is 6. The lowest BCUT2D eigenvalue weighted by Gasteiger charge is -2.18. The van der Waals surface area contributed by atoms with Gasteiger partial charge in [-0.15, -0.1) is 6.58 Å². The third kappa shape index (κ3) is 5.14. The van der Waals surface area contributed by atoms with E-state index >= 15 is 0 Å². The maximum atomic E-state index is 12.1. The van der Waals surface area contributed by atoms with E-state index in [9.17, 15) is 13.2 Å². The Morgan fingerprint density at radius 1 is 1.21 bits per heavy atom. The summed E-state index contributed by atoms with van der Waals surface area (Å²) >= 11 is 0. The highest BCUT2D eigenvalue weighted by Crippen LogP contribution is 2.39. The Bertz CT molecular complexity index is 677. The summed E-state index contributed by atoms with van der Waals surface area (Å²) in [4.78, 5) is 12.1. The molecule has 1 rings (SSSR count). The van der Waals surface area contributed by atoms with E-state index < -0.39 is 15.9 Å². The standard InChI is InChI=1S/C15H22N2O6S/c1-6-7-17(24(5,19)20)10-14(18)16-11-8-12(21-2)15(23-4)13(9-11)22-3/h6,8-9H,1,7,10H2,2-5H3,(H,16,18). The van der Waals surface area contributed by atoms with Crippen molar-refractivity contribution in [3.8, 4) is 17.2 Å². The van der Waals surface area contributed by atoms with Crippen LogP contribution in [0, 0.1) is 0 Å². The molecule has 8 nitrogen and oxygen atoms in total. The first kappa shape index (κ1) is 19.8. The van der Waals surface area contributed by atoms with Gasteiger partial charge in [-0.1, -0.05) is 6.08 Å². The summed E-state index contributed by atoms with van der Waals surface area (Å²) in [6.07, 6.45) is 2.44. The van der Waals surface area contributed by atoms with Crippen LogP contribution >= 0.6 is 0 Å². The van der Waals surface area contributed by atoms with Crippen molar-refractivity contribution in [1.82, 2.24) is 4.31 Å². The Hall–Kier alpha value is -2.26. The van der Waals surface area contributed by atoms with Gasteiger partial charge < -0.3 is 19.5 Å². The van der Waals surface area contributed by atoms with Crippen molar-refractivity contribution in [1.29, 1.82) is 0 Å². The molecule has 0 spiro atoms. The Morgan fingerprint density at radius 2 is 1.75 bits per heavy atom. The van der Waals surface area contributed by atoms with Crippen LogP contribution in [0.5, 0.6) is 17.2 Å². The first-order chi connectivity index (χ1) is 11.3. The van der Waals surface area contributed by atoms with E-state index in [0.717, 1.165) is 10.6 Å². The number of hydrogen-bond donors (Lipinski definition) is 1. The van der Waals surface area contributed by atoms with E-state index in [1.165, 1.54) is 27.4 Å². The molecule has 1 amide bonds. The van der Waals surface area contributed by atoms with Gasteiger partial charge in [0.25, 0.3) is 0 Å². The van der Waals surface area contributed by atoms with Crippen LogP contribution in [0.2, 0.25) is 0 Å². The number of anilines is 1. The number of sulfonamides is 1. The van der Waals surface area contributed by atoms with Gasteiger partial charge in [0.2, 0.25) is 21.7 Å². The maximum Gasteiger partial charge on any atom is 0.239 e. The molecular formula is C15H22N2O6S. The van der Waals surface area contributed by atoms with Crippen LogP contribution in [0.1, 0.15) is 0 Å². The smallest absolute Gasteiger partial charge is 0.239 e. The van der Waals surface area contributed by atoms with E-state index in [1.54, 1.807) is 12.1 Å². The van der Waals surface area contributed by atoms with Gasteiger partial charge in [0.05, 0.1) is 34.1 Å². The largest absolute Gasteiger partial charge is 0.493 e. The summed E-state index contributed by atoms with van der Waals surface area (Å²) in [5.74, 6) is 0.635. The molecule has 24 heavy (non-hydrogen) atoms. The average molecular weight is 358 g/mol. The van der Waals surface area contributed by atoms with Crippen LogP contribution in [0.15, 0.2) is 24.8 Å². The molecule has 0 aliphatic heterocycles. The number of rotatable bonds is 9. The van der Waals surface area contributed by atoms with Gasteiger partial charge in [0.15, 0.2) is 11.5 Å². The second-order valence-electron chi connectivity index (χ2n) is 4.81. The van der Waals surface area contributed by atoms with Crippen molar-refractivity contribution >= 4 is 21.6 Å². The van der Waals surface area contributed by atoms with E-state index in [1.807, 2.05) is 0 Å². The molecule has 0 aliphatic rings. The van der Waals surface area contributed by atoms with Crippen molar-refractivity contribution in [2.45, 2.75) is 0 Å². The van der Waals surface area contributed by atoms with Gasteiger partial charge in [0.1, 0.15) is 0 Å². The SMILES string of the molecule is C=CCN(CC(=O)Nc1cc(OC)c(OC)c(OC)c1)S(C)(=O)=O. The molecule has 1 aromatic rings. The number of nitrogens with zero attached hydrogens (tertiary/aromatic N) is 1. The third-order valence-electron chi connectivity index (χ3n) is 3.07. The maximum absolute atomic E-state index is 12.1. The fourth-order valence-electron chi connectivity index (χ4n) is 1.98. The van der Waals surface area contributed by atoms with Gasteiger partial charge >= 0.3 is 0 Å². The number of methoxy groups -OCH3 is 3. The Balaban J connectivity index is 2.99. The molecule has 0 unspecified atom stereocenters. The van der Waals surface area contributed by atoms with Crippen LogP contribution in [0.3, 0.4) is 0 Å². The van der Waals surface area contributed by atoms with Crippen LogP contribution in [0.4, 0.5) is 5.69 Å². The lowest BCUT2D eigenvalue weighted by Crippen LogP contribution is -2.37. The summed E-state index contributed by atoms with van der Waals surface area (Å²) in [5.41, 5.74) is 0.390. The minimum Gasteiger partial charge on any atom is -0.493 e. The van der Waals surface area contributed by atoms with Gasteiger partial charge in [-0.3, -0.25) is 4.79 Å². The molecule has 0 saturated carbocycles. The number of nitrogens with one attached hydrogen (secondary N) is 1. The molecule has 1 aromatic carbocycles. The highest BCUT2D eigenvalue weighted by Gasteiger charge is 2.20. The number of benzene rings is 1. The van der Waals surface area contributed by atoms with Crippen molar-refractivity contribution in [2.75, 3.05) is 46.0 Å². The van der Waals surface area contributed by atoms with E-state index in [2.05, 4.69) is 11.9 Å². The van der Waals surface area contributed by atoms with Crippen LogP contribution in [-0.2, 0) is 14.8 Å². The molecule has 0 bridgehead atoms. The molecule has 0 heterocycles. The second kappa shape index (κ2) is 8.55. The fraction of sp³-hybridized carbons (Fsp3) is 0.400. The molecule has 0 radical (unpaired) electrons. The van der Waals surface area contributed by atoms with Gasteiger partial charge in [-0.2, -0.15) is 4.31 Å². The summed E-state index contributed by atoms with van der Waals surface area (Å²) in [6, 6.07) is 3.11. The number of amides is 1. The fourth-order valence-corrected chi connectivity index (χ4v) is 2.70. The number of ether oxygens (including phenoxy) is 3. The molecule has 0 atom stereocenters. The normalized spacial score (nSPS) is 11.0. The van der Waals surface area contributed by atoms with Gasteiger partial charge in [-0.25, -0.2) is 8.42 Å². The molecule has 9 heteroatoms. The summed E-state index contributed by atoms with van der Waals surface area (Å²) in [6.45, 7) is 3.20. The summed E-state index contributed by atoms with van der Waals surface area (Å²) in [7, 11) is 0.865. The third-order valence-corrected chi connectivity index (χ3v) is 4.29. The zero-order valence-electron chi connectivity index (χ0n) is 14.2. The zero-order valence-corrected chi connectivity index (χ0v) is 15.0. The lowest BCUT2D eigenvalue weighted by molar-refractivity contribution is -0.116. The second-order valence-corrected chi connectivity index (χ2v) is 6.79. The summed E-state index contributed by atoms with van der Waals surface area (Å²) < 4.78 is 39.9. The predicted molar refractivity (Wildman–Crippen MR) is 91.3 cm³/mol. The van der Waals surface area contributed by atoms with Gasteiger partial charge in [-0.05, 0) is 0 Å². The van der Waals surface area contributed by atoms with Crippen molar-refractivity contribution < 1.29 is 27.4 Å². The molecule has 0 fully saturated rings. The van der Waals surface area contributed by atoms with Crippen molar-refractivity contribution in [2.24, 2.45) is 0 Å². The molecule has 1 N–H and O–H groups in total. The molecule has 0 saturated heterocycles. The Kier molecular flexibility index (Phi) is 7.05. The predicted octanol–water partition coefficient (Wildman–Crippen LogP) is 1.10. The quantitative estimate of drug-likeness (QED) is 0.664. The highest BCUT2D eigenvalue weighted by molar-refractivity contribution is 7.88. The van der Waals surface area contributed by atoms with E-state index in [4.69, 9.17) is 14.2 Å². The van der Waals surface area contributed by atoms with Crippen molar-refractivity contribution in [3.05, 3.63) is 24.8 Å². The van der Waals surface area contributed by atoms with Crippen LogP contribution < -0.4 is 19.5 Å². The van der Waals surface area contributed by atoms with Gasteiger partial charge in [0, 0.05) is 24.4 Å². The molecular weight excluding hydrogens is 336 g/mol. The monoisotopic (exact) mass is 358 g/mol. The lowest BCUT2D eigenvalue weighted by atomic mass is 10.2. The molecule has 134 valence electrons. The topological polar surface area (TPSA) is 94.2 Å². The minimum absolute atomic E-state index is 0.0432. The average Bonchev–Trinajstić information content (AvgIpc) is 2.52. The van der Waals surface area contributed by atoms with Crippen molar-refractivity contribution in [3.63, 3.8) is 0 Å². The number of carbonyl (C=O) groups excluding carboxylic acids is 1. The van der Waals surface area contributed by atoms with Crippen LogP contribution in [0.25, 0.3) is 0 Å². The number of carbonyl (C=O) groups is 1. The van der Waals surface area contributed by atoms with E-state index in [0.29, 0.717) is 22.9 Å². The Morgan fingerprint density at radius 3 is 2.12 bits per heavy atom. The first-order valence-electron chi connectivity index (χ1n) is 6.92. The molecule has 0 aliphatic carbocycles. The minimum atomic E-state index is -3.52. The van der Waals surface area contributed by atoms with Crippen LogP contribution in [-0.4, -0.2) is 59.3 Å².